The number of likely N-dealkylation sites (tertiary alicyclic amines) is 1. The van der Waals surface area contributed by atoms with Crippen LogP contribution in [0.15, 0.2) is 23.8 Å². The number of methoxy groups -OCH3 is 3. The quantitative estimate of drug-likeness (QED) is 0.852. The molecular formula is C20H27NO4. The van der Waals surface area contributed by atoms with Crippen LogP contribution < -0.4 is 4.74 Å². The molecule has 4 rings (SSSR count). The number of likely N-dealkylation sites (N-methyl/N-ethyl adjacent to an activating group) is 1. The normalized spacial score (nSPS) is 34.1. The summed E-state index contributed by atoms with van der Waals surface area (Å²) in [4.78, 5) is 2.42. The summed E-state index contributed by atoms with van der Waals surface area (Å²) in [6.45, 7) is 1.01. The Kier molecular flexibility index (Phi) is 4.06. The first kappa shape index (κ1) is 16.9. The Hall–Kier alpha value is -1.56. The Morgan fingerprint density at radius 1 is 1.20 bits per heavy atom. The minimum atomic E-state index is -0.195. The lowest BCUT2D eigenvalue weighted by atomic mass is 9.56. The van der Waals surface area contributed by atoms with Crippen LogP contribution in [0.25, 0.3) is 0 Å². The summed E-state index contributed by atoms with van der Waals surface area (Å²) in [7, 11) is 7.28. The number of piperidine rings is 1. The van der Waals surface area contributed by atoms with E-state index in [9.17, 15) is 5.11 Å². The highest BCUT2D eigenvalue weighted by molar-refractivity contribution is 5.61. The summed E-state index contributed by atoms with van der Waals surface area (Å²) >= 11 is 0. The van der Waals surface area contributed by atoms with Gasteiger partial charge in [-0.1, -0.05) is 12.1 Å². The molecule has 1 N–H and O–H groups in total. The minimum Gasteiger partial charge on any atom is -0.504 e. The van der Waals surface area contributed by atoms with Gasteiger partial charge in [0.1, 0.15) is 6.10 Å². The Bertz CT molecular complexity index is 716. The zero-order chi connectivity index (χ0) is 17.8. The van der Waals surface area contributed by atoms with Gasteiger partial charge in [-0.3, -0.25) is 4.90 Å². The molecule has 1 fully saturated rings. The van der Waals surface area contributed by atoms with Gasteiger partial charge >= 0.3 is 0 Å². The van der Waals surface area contributed by atoms with Crippen molar-refractivity contribution >= 4 is 0 Å². The van der Waals surface area contributed by atoms with Crippen LogP contribution in [-0.4, -0.2) is 63.2 Å². The molecule has 0 saturated carbocycles. The van der Waals surface area contributed by atoms with E-state index < -0.39 is 0 Å². The molecular weight excluding hydrogens is 318 g/mol. The van der Waals surface area contributed by atoms with E-state index in [0.717, 1.165) is 31.4 Å². The van der Waals surface area contributed by atoms with Gasteiger partial charge in [-0.15, -0.1) is 0 Å². The Morgan fingerprint density at radius 2 is 2.00 bits per heavy atom. The van der Waals surface area contributed by atoms with Crippen LogP contribution in [0.1, 0.15) is 24.0 Å². The molecule has 4 atom stereocenters. The molecule has 5 nitrogen and oxygen atoms in total. The standard InChI is InChI=1S/C20H27NO4/c1-21-8-7-20-11-17(25-4)16(24-3)10-13(20)14(21)9-12-5-6-15(23-2)19(22)18(12)20/h5-6,10,14,16-17,22H,7-9,11H2,1-4H3. The number of nitrogens with zero attached hydrogens (tertiary/aromatic N) is 1. The summed E-state index contributed by atoms with van der Waals surface area (Å²) in [5.41, 5.74) is 3.44. The molecule has 0 amide bonds. The number of phenols is 1. The number of rotatable bonds is 3. The third-order valence-electron chi connectivity index (χ3n) is 6.51. The summed E-state index contributed by atoms with van der Waals surface area (Å²) in [6.07, 6.45) is 4.89. The molecule has 0 aromatic heterocycles. The van der Waals surface area contributed by atoms with Crippen LogP contribution in [0.4, 0.5) is 0 Å². The number of fused-ring (bicyclic) bond motifs is 1. The lowest BCUT2D eigenvalue weighted by Crippen LogP contribution is -2.58. The highest BCUT2D eigenvalue weighted by atomic mass is 16.5. The van der Waals surface area contributed by atoms with E-state index in [1.54, 1.807) is 21.3 Å². The predicted molar refractivity (Wildman–Crippen MR) is 95.4 cm³/mol. The first-order chi connectivity index (χ1) is 12.1. The summed E-state index contributed by atoms with van der Waals surface area (Å²) in [6, 6.07) is 4.34. The van der Waals surface area contributed by atoms with Crippen molar-refractivity contribution in [2.24, 2.45) is 0 Å². The van der Waals surface area contributed by atoms with Crippen molar-refractivity contribution in [2.75, 3.05) is 34.9 Å². The Morgan fingerprint density at radius 3 is 2.68 bits per heavy atom. The number of ether oxygens (including phenoxy) is 3. The van der Waals surface area contributed by atoms with Gasteiger partial charge in [0.25, 0.3) is 0 Å². The lowest BCUT2D eigenvalue weighted by Gasteiger charge is -2.56. The van der Waals surface area contributed by atoms with E-state index in [2.05, 4.69) is 24.1 Å². The van der Waals surface area contributed by atoms with Crippen LogP contribution >= 0.6 is 0 Å². The monoisotopic (exact) mass is 345 g/mol. The first-order valence-corrected chi connectivity index (χ1v) is 8.93. The number of aromatic hydroxyl groups is 1. The van der Waals surface area contributed by atoms with Crippen LogP contribution in [0, 0.1) is 0 Å². The van der Waals surface area contributed by atoms with Gasteiger partial charge in [-0.25, -0.2) is 0 Å². The van der Waals surface area contributed by atoms with E-state index in [0.29, 0.717) is 17.5 Å². The molecule has 2 aliphatic carbocycles. The molecule has 1 aliphatic heterocycles. The van der Waals surface area contributed by atoms with Crippen LogP contribution in [0.2, 0.25) is 0 Å². The molecule has 3 aliphatic rings. The Balaban J connectivity index is 1.96. The fourth-order valence-corrected chi connectivity index (χ4v) is 5.22. The van der Waals surface area contributed by atoms with Gasteiger partial charge in [-0.2, -0.15) is 0 Å². The zero-order valence-electron chi connectivity index (χ0n) is 15.4. The molecule has 1 heterocycles. The number of benzene rings is 1. The second kappa shape index (κ2) is 6.01. The molecule has 4 unspecified atom stereocenters. The van der Waals surface area contributed by atoms with Crippen molar-refractivity contribution in [1.29, 1.82) is 0 Å². The molecule has 1 saturated heterocycles. The highest BCUT2D eigenvalue weighted by Gasteiger charge is 2.54. The van der Waals surface area contributed by atoms with Gasteiger partial charge in [0, 0.05) is 31.2 Å². The fraction of sp³-hybridized carbons (Fsp3) is 0.600. The summed E-state index contributed by atoms with van der Waals surface area (Å²) < 4.78 is 16.9. The predicted octanol–water partition coefficient (Wildman–Crippen LogP) is 2.26. The number of phenolic OH excluding ortho intramolecular Hbond substituents is 1. The minimum absolute atomic E-state index is 0.0191. The zero-order valence-corrected chi connectivity index (χ0v) is 15.4. The number of hydrogen-bond donors (Lipinski definition) is 1. The molecule has 5 heteroatoms. The second-order valence-corrected chi connectivity index (χ2v) is 7.48. The smallest absolute Gasteiger partial charge is 0.162 e. The van der Waals surface area contributed by atoms with E-state index in [-0.39, 0.29) is 17.6 Å². The van der Waals surface area contributed by atoms with Crippen molar-refractivity contribution in [3.8, 4) is 11.5 Å². The molecule has 0 radical (unpaired) electrons. The second-order valence-electron chi connectivity index (χ2n) is 7.48. The van der Waals surface area contributed by atoms with E-state index >= 15 is 0 Å². The van der Waals surface area contributed by atoms with Gasteiger partial charge in [0.2, 0.25) is 0 Å². The van der Waals surface area contributed by atoms with Crippen molar-refractivity contribution in [2.45, 2.75) is 42.9 Å². The van der Waals surface area contributed by atoms with Crippen LogP contribution in [0.3, 0.4) is 0 Å². The van der Waals surface area contributed by atoms with E-state index in [4.69, 9.17) is 14.2 Å². The molecule has 0 spiro atoms. The third-order valence-corrected chi connectivity index (χ3v) is 6.51. The lowest BCUT2D eigenvalue weighted by molar-refractivity contribution is -0.0417. The van der Waals surface area contributed by atoms with E-state index in [1.807, 2.05) is 6.07 Å². The molecule has 1 aromatic rings. The van der Waals surface area contributed by atoms with Crippen molar-refractivity contribution in [3.63, 3.8) is 0 Å². The maximum absolute atomic E-state index is 11.0. The fourth-order valence-electron chi connectivity index (χ4n) is 5.22. The van der Waals surface area contributed by atoms with Crippen molar-refractivity contribution < 1.29 is 19.3 Å². The maximum Gasteiger partial charge on any atom is 0.162 e. The maximum atomic E-state index is 11.0. The average molecular weight is 345 g/mol. The van der Waals surface area contributed by atoms with Crippen LogP contribution in [0.5, 0.6) is 11.5 Å². The number of hydrogen-bond acceptors (Lipinski definition) is 5. The summed E-state index contributed by atoms with van der Waals surface area (Å²) in [5.74, 6) is 0.840. The SMILES string of the molecule is COc1ccc2c(c1O)C13CCN(C)C(C2)C1=CC(OC)C(OC)C3. The highest BCUT2D eigenvalue weighted by Crippen LogP contribution is 2.57. The van der Waals surface area contributed by atoms with Gasteiger partial charge in [0.15, 0.2) is 11.5 Å². The Labute approximate surface area is 149 Å². The third kappa shape index (κ3) is 2.26. The topological polar surface area (TPSA) is 51.2 Å². The average Bonchev–Trinajstić information content (AvgIpc) is 2.63. The molecule has 2 bridgehead atoms. The molecule has 1 aromatic carbocycles. The first-order valence-electron chi connectivity index (χ1n) is 8.93. The molecule has 136 valence electrons. The van der Waals surface area contributed by atoms with Crippen molar-refractivity contribution in [1.82, 2.24) is 4.90 Å². The molecule has 25 heavy (non-hydrogen) atoms. The van der Waals surface area contributed by atoms with Gasteiger partial charge in [0.05, 0.1) is 13.2 Å². The van der Waals surface area contributed by atoms with Crippen LogP contribution in [-0.2, 0) is 21.3 Å². The van der Waals surface area contributed by atoms with Gasteiger partial charge < -0.3 is 19.3 Å². The van der Waals surface area contributed by atoms with E-state index in [1.165, 1.54) is 11.1 Å². The largest absolute Gasteiger partial charge is 0.504 e. The van der Waals surface area contributed by atoms with Crippen molar-refractivity contribution in [3.05, 3.63) is 34.9 Å². The summed E-state index contributed by atoms with van der Waals surface area (Å²) in [5, 5.41) is 11.0. The van der Waals surface area contributed by atoms with Gasteiger partial charge in [-0.05, 0) is 50.1 Å².